The highest BCUT2D eigenvalue weighted by Crippen LogP contribution is 2.41. The van der Waals surface area contributed by atoms with Gasteiger partial charge in [-0.1, -0.05) is 22.0 Å². The summed E-state index contributed by atoms with van der Waals surface area (Å²) in [7, 11) is 6.18. The first-order chi connectivity index (χ1) is 15.5. The van der Waals surface area contributed by atoms with Crippen molar-refractivity contribution in [3.63, 3.8) is 0 Å². The molecule has 0 atom stereocenters. The summed E-state index contributed by atoms with van der Waals surface area (Å²) in [5.74, 6) is 2.55. The zero-order valence-electron chi connectivity index (χ0n) is 18.0. The van der Waals surface area contributed by atoms with Crippen LogP contribution in [-0.4, -0.2) is 53.6 Å². The lowest BCUT2D eigenvalue weighted by Crippen LogP contribution is -2.02. The molecular weight excluding hydrogens is 438 g/mol. The van der Waals surface area contributed by atoms with Gasteiger partial charge in [0.15, 0.2) is 17.2 Å². The molecule has 11 heteroatoms. The Labute approximate surface area is 188 Å². The van der Waals surface area contributed by atoms with Crippen molar-refractivity contribution in [2.24, 2.45) is 0 Å². The maximum atomic E-state index is 6.15. The Morgan fingerprint density at radius 2 is 1.59 bits per heavy atom. The summed E-state index contributed by atoms with van der Waals surface area (Å²) in [5, 5.41) is 13.1. The summed E-state index contributed by atoms with van der Waals surface area (Å²) in [6.07, 6.45) is 0. The summed E-state index contributed by atoms with van der Waals surface area (Å²) in [5.41, 5.74) is 2.36. The quantitative estimate of drug-likeness (QED) is 0.407. The van der Waals surface area contributed by atoms with Gasteiger partial charge in [0.05, 0.1) is 34.1 Å². The smallest absolute Gasteiger partial charge is 0.280 e. The van der Waals surface area contributed by atoms with Crippen LogP contribution in [-0.2, 0) is 0 Å². The van der Waals surface area contributed by atoms with Gasteiger partial charge in [-0.3, -0.25) is 0 Å². The van der Waals surface area contributed by atoms with Crippen LogP contribution in [0.15, 0.2) is 34.9 Å². The number of aromatic nitrogens is 5. The fourth-order valence-corrected chi connectivity index (χ4v) is 3.40. The van der Waals surface area contributed by atoms with E-state index in [1.807, 2.05) is 6.92 Å². The lowest BCUT2D eigenvalue weighted by Gasteiger charge is -2.12. The molecule has 0 aliphatic heterocycles. The Hall–Kier alpha value is -3.79. The highest BCUT2D eigenvalue weighted by atomic mass is 35.5. The van der Waals surface area contributed by atoms with Gasteiger partial charge in [-0.05, 0) is 37.3 Å². The molecule has 32 heavy (non-hydrogen) atoms. The van der Waals surface area contributed by atoms with Crippen molar-refractivity contribution in [2.75, 3.05) is 28.4 Å². The van der Waals surface area contributed by atoms with E-state index in [2.05, 4.69) is 20.5 Å². The van der Waals surface area contributed by atoms with Crippen LogP contribution in [0.3, 0.4) is 0 Å². The van der Waals surface area contributed by atoms with E-state index in [0.29, 0.717) is 56.5 Å². The molecule has 2 heterocycles. The third kappa shape index (κ3) is 3.69. The van der Waals surface area contributed by atoms with Crippen LogP contribution in [0.1, 0.15) is 5.69 Å². The third-order valence-electron chi connectivity index (χ3n) is 4.82. The topological polar surface area (TPSA) is 107 Å². The van der Waals surface area contributed by atoms with Crippen molar-refractivity contribution in [1.82, 2.24) is 25.1 Å². The maximum Gasteiger partial charge on any atom is 0.280 e. The molecular formula is C21H20ClN5O5. The van der Waals surface area contributed by atoms with Crippen LogP contribution in [0.2, 0.25) is 5.02 Å². The fourth-order valence-electron chi connectivity index (χ4n) is 3.23. The Balaban J connectivity index is 1.74. The minimum atomic E-state index is 0.207. The van der Waals surface area contributed by atoms with Gasteiger partial charge in [-0.25, -0.2) is 4.68 Å². The van der Waals surface area contributed by atoms with Crippen LogP contribution in [0.4, 0.5) is 0 Å². The number of hydrogen-bond donors (Lipinski definition) is 0. The molecule has 0 unspecified atom stereocenters. The highest BCUT2D eigenvalue weighted by molar-refractivity contribution is 6.30. The first kappa shape index (κ1) is 21.4. The Kier molecular flexibility index (Phi) is 5.87. The van der Waals surface area contributed by atoms with E-state index in [4.69, 9.17) is 35.1 Å². The predicted octanol–water partition coefficient (Wildman–Crippen LogP) is 3.98. The molecule has 0 fully saturated rings. The van der Waals surface area contributed by atoms with Gasteiger partial charge >= 0.3 is 0 Å². The molecule has 2 aromatic carbocycles. The molecule has 0 aliphatic rings. The van der Waals surface area contributed by atoms with E-state index in [0.717, 1.165) is 0 Å². The van der Waals surface area contributed by atoms with E-state index in [9.17, 15) is 0 Å². The molecule has 10 nitrogen and oxygen atoms in total. The van der Waals surface area contributed by atoms with Crippen LogP contribution in [0.5, 0.6) is 23.0 Å². The van der Waals surface area contributed by atoms with E-state index in [1.54, 1.807) is 42.1 Å². The standard InChI is InChI=1S/C21H20ClN5O5/c1-11-18(24-26-27(11)14-10-13(22)6-7-15(14)28-2)21-23-20(25-32-21)12-8-16(29-3)19(31-5)17(9-12)30-4/h6-10H,1-5H3. The molecule has 0 radical (unpaired) electrons. The molecule has 0 amide bonds. The summed E-state index contributed by atoms with van der Waals surface area (Å²) in [4.78, 5) is 4.48. The molecule has 166 valence electrons. The molecule has 0 spiro atoms. The van der Waals surface area contributed by atoms with Crippen molar-refractivity contribution < 1.29 is 23.5 Å². The van der Waals surface area contributed by atoms with Crippen LogP contribution in [0, 0.1) is 6.92 Å². The van der Waals surface area contributed by atoms with E-state index < -0.39 is 0 Å². The summed E-state index contributed by atoms with van der Waals surface area (Å²) in [6, 6.07) is 8.69. The summed E-state index contributed by atoms with van der Waals surface area (Å²) >= 11 is 6.15. The predicted molar refractivity (Wildman–Crippen MR) is 116 cm³/mol. The minimum absolute atomic E-state index is 0.207. The Morgan fingerprint density at radius 3 is 2.22 bits per heavy atom. The minimum Gasteiger partial charge on any atom is -0.494 e. The third-order valence-corrected chi connectivity index (χ3v) is 5.05. The first-order valence-corrected chi connectivity index (χ1v) is 9.79. The molecule has 0 bridgehead atoms. The Bertz CT molecular complexity index is 1240. The second kappa shape index (κ2) is 8.75. The number of halogens is 1. The zero-order chi connectivity index (χ0) is 22.8. The monoisotopic (exact) mass is 457 g/mol. The van der Waals surface area contributed by atoms with Crippen LogP contribution >= 0.6 is 11.6 Å². The van der Waals surface area contributed by atoms with Gasteiger partial charge in [-0.2, -0.15) is 4.98 Å². The number of methoxy groups -OCH3 is 4. The van der Waals surface area contributed by atoms with E-state index in [-0.39, 0.29) is 5.89 Å². The van der Waals surface area contributed by atoms with Crippen LogP contribution < -0.4 is 18.9 Å². The van der Waals surface area contributed by atoms with Crippen LogP contribution in [0.25, 0.3) is 28.7 Å². The maximum absolute atomic E-state index is 6.15. The summed E-state index contributed by atoms with van der Waals surface area (Å²) < 4.78 is 28.6. The molecule has 0 saturated carbocycles. The molecule has 0 saturated heterocycles. The molecule has 4 rings (SSSR count). The van der Waals surface area contributed by atoms with Crippen molar-refractivity contribution >= 4 is 11.6 Å². The average Bonchev–Trinajstić information content (AvgIpc) is 3.44. The van der Waals surface area contributed by atoms with Crippen molar-refractivity contribution in [1.29, 1.82) is 0 Å². The number of ether oxygens (including phenoxy) is 4. The zero-order valence-corrected chi connectivity index (χ0v) is 18.8. The lowest BCUT2D eigenvalue weighted by atomic mass is 10.1. The van der Waals surface area contributed by atoms with Gasteiger partial charge in [0, 0.05) is 10.6 Å². The lowest BCUT2D eigenvalue weighted by molar-refractivity contribution is 0.324. The van der Waals surface area contributed by atoms with E-state index >= 15 is 0 Å². The van der Waals surface area contributed by atoms with Crippen molar-refractivity contribution in [3.8, 4) is 51.7 Å². The molecule has 0 N–H and O–H groups in total. The van der Waals surface area contributed by atoms with Crippen molar-refractivity contribution in [3.05, 3.63) is 41.0 Å². The van der Waals surface area contributed by atoms with Gasteiger partial charge < -0.3 is 23.5 Å². The second-order valence-corrected chi connectivity index (χ2v) is 7.03. The number of hydrogen-bond acceptors (Lipinski definition) is 9. The van der Waals surface area contributed by atoms with Gasteiger partial charge in [0.2, 0.25) is 11.6 Å². The van der Waals surface area contributed by atoms with Gasteiger partial charge in [0.1, 0.15) is 11.4 Å². The second-order valence-electron chi connectivity index (χ2n) is 6.59. The van der Waals surface area contributed by atoms with E-state index in [1.165, 1.54) is 21.3 Å². The van der Waals surface area contributed by atoms with Crippen molar-refractivity contribution in [2.45, 2.75) is 6.92 Å². The number of rotatable bonds is 7. The molecule has 2 aromatic heterocycles. The number of nitrogens with zero attached hydrogens (tertiary/aromatic N) is 5. The first-order valence-electron chi connectivity index (χ1n) is 9.41. The molecule has 4 aromatic rings. The normalized spacial score (nSPS) is 10.8. The Morgan fingerprint density at radius 1 is 0.906 bits per heavy atom. The van der Waals surface area contributed by atoms with Gasteiger partial charge in [0.25, 0.3) is 5.89 Å². The highest BCUT2D eigenvalue weighted by Gasteiger charge is 2.22. The SMILES string of the molecule is COc1ccc(Cl)cc1-n1nnc(-c2nc(-c3cc(OC)c(OC)c(OC)c3)no2)c1C. The number of benzene rings is 2. The summed E-state index contributed by atoms with van der Waals surface area (Å²) in [6.45, 7) is 1.83. The fraction of sp³-hybridized carbons (Fsp3) is 0.238. The average molecular weight is 458 g/mol. The van der Waals surface area contributed by atoms with Gasteiger partial charge in [-0.15, -0.1) is 5.10 Å². The molecule has 0 aliphatic carbocycles. The largest absolute Gasteiger partial charge is 0.494 e.